The molecule has 4 amide bonds. The topological polar surface area (TPSA) is 220 Å². The van der Waals surface area contributed by atoms with Crippen LogP contribution in [0.1, 0.15) is 46.0 Å². The summed E-state index contributed by atoms with van der Waals surface area (Å²) in [6.07, 6.45) is 2.99. The van der Waals surface area contributed by atoms with Gasteiger partial charge in [-0.15, -0.1) is 0 Å². The van der Waals surface area contributed by atoms with Crippen molar-refractivity contribution in [2.75, 3.05) is 18.6 Å². The zero-order chi connectivity index (χ0) is 25.6. The van der Waals surface area contributed by atoms with E-state index in [4.69, 9.17) is 17.2 Å². The molecule has 0 aromatic heterocycles. The molecule has 13 heteroatoms. The lowest BCUT2D eigenvalue weighted by molar-refractivity contribution is -0.143. The lowest BCUT2D eigenvalue weighted by Crippen LogP contribution is -2.58. The van der Waals surface area contributed by atoms with Gasteiger partial charge in [-0.3, -0.25) is 19.2 Å². The lowest BCUT2D eigenvalue weighted by atomic mass is 10.0. The summed E-state index contributed by atoms with van der Waals surface area (Å²) in [7, 11) is 0. The van der Waals surface area contributed by atoms with Gasteiger partial charge < -0.3 is 38.3 Å². The maximum Gasteiger partial charge on any atom is 0.326 e. The molecular formula is C20H38N6O6S. The van der Waals surface area contributed by atoms with Crippen molar-refractivity contribution < 1.29 is 29.1 Å². The number of rotatable bonds is 17. The van der Waals surface area contributed by atoms with Gasteiger partial charge in [0.2, 0.25) is 23.6 Å². The van der Waals surface area contributed by atoms with Crippen molar-refractivity contribution in [3.05, 3.63) is 0 Å². The highest BCUT2D eigenvalue weighted by molar-refractivity contribution is 7.98. The minimum Gasteiger partial charge on any atom is -0.480 e. The Labute approximate surface area is 198 Å². The van der Waals surface area contributed by atoms with E-state index >= 15 is 0 Å². The predicted molar refractivity (Wildman–Crippen MR) is 126 cm³/mol. The molecular weight excluding hydrogens is 452 g/mol. The van der Waals surface area contributed by atoms with Crippen LogP contribution in [0.4, 0.5) is 0 Å². The highest BCUT2D eigenvalue weighted by Gasteiger charge is 2.31. The number of unbranched alkanes of at least 4 members (excludes halogenated alkanes) is 1. The molecule has 0 aromatic carbocycles. The van der Waals surface area contributed by atoms with Crippen LogP contribution < -0.4 is 33.2 Å². The van der Waals surface area contributed by atoms with E-state index in [0.29, 0.717) is 31.6 Å². The Balaban J connectivity index is 5.47. The van der Waals surface area contributed by atoms with Crippen LogP contribution in [0.15, 0.2) is 0 Å². The Morgan fingerprint density at radius 3 is 1.97 bits per heavy atom. The van der Waals surface area contributed by atoms with Crippen molar-refractivity contribution in [3.63, 3.8) is 0 Å². The Kier molecular flexibility index (Phi) is 15.1. The summed E-state index contributed by atoms with van der Waals surface area (Å²) in [5.41, 5.74) is 16.5. The van der Waals surface area contributed by atoms with Crippen LogP contribution in [0.25, 0.3) is 0 Å². The van der Waals surface area contributed by atoms with E-state index in [1.165, 1.54) is 11.8 Å². The van der Waals surface area contributed by atoms with Gasteiger partial charge in [-0.05, 0) is 50.2 Å². The van der Waals surface area contributed by atoms with Crippen LogP contribution in [0.2, 0.25) is 0 Å². The molecule has 0 radical (unpaired) electrons. The van der Waals surface area contributed by atoms with E-state index in [1.807, 2.05) is 6.26 Å². The smallest absolute Gasteiger partial charge is 0.326 e. The molecule has 12 nitrogen and oxygen atoms in total. The highest BCUT2D eigenvalue weighted by atomic mass is 32.2. The molecule has 0 saturated carbocycles. The fourth-order valence-corrected chi connectivity index (χ4v) is 3.36. The maximum absolute atomic E-state index is 12.9. The first kappa shape index (κ1) is 30.6. The van der Waals surface area contributed by atoms with Gasteiger partial charge in [-0.2, -0.15) is 11.8 Å². The van der Waals surface area contributed by atoms with Crippen molar-refractivity contribution in [2.45, 2.75) is 70.1 Å². The number of carbonyl (C=O) groups excluding carboxylic acids is 4. The van der Waals surface area contributed by atoms with E-state index in [9.17, 15) is 29.1 Å². The van der Waals surface area contributed by atoms with E-state index in [1.54, 1.807) is 13.8 Å². The number of carbonyl (C=O) groups is 5. The average molecular weight is 491 g/mol. The maximum atomic E-state index is 12.9. The van der Waals surface area contributed by atoms with Crippen molar-refractivity contribution in [1.82, 2.24) is 16.0 Å². The first-order valence-electron chi connectivity index (χ1n) is 10.8. The Bertz CT molecular complexity index is 677. The van der Waals surface area contributed by atoms with Crippen LogP contribution in [0.3, 0.4) is 0 Å². The fraction of sp³-hybridized carbons (Fsp3) is 0.750. The molecule has 0 spiro atoms. The molecule has 0 heterocycles. The predicted octanol–water partition coefficient (Wildman–Crippen LogP) is -1.73. The van der Waals surface area contributed by atoms with Gasteiger partial charge in [-0.25, -0.2) is 4.79 Å². The number of hydrogen-bond donors (Lipinski definition) is 7. The van der Waals surface area contributed by atoms with Crippen LogP contribution >= 0.6 is 11.8 Å². The third-order valence-corrected chi connectivity index (χ3v) is 5.46. The molecule has 4 atom stereocenters. The zero-order valence-electron chi connectivity index (χ0n) is 19.5. The number of carboxylic acids is 1. The van der Waals surface area contributed by atoms with Gasteiger partial charge in [0.1, 0.15) is 18.1 Å². The first-order chi connectivity index (χ1) is 15.4. The summed E-state index contributed by atoms with van der Waals surface area (Å²) >= 11 is 1.50. The molecule has 0 aliphatic heterocycles. The second kappa shape index (κ2) is 16.3. The molecule has 33 heavy (non-hydrogen) atoms. The summed E-state index contributed by atoms with van der Waals surface area (Å²) in [4.78, 5) is 60.9. The number of carboxylic acid groups (broad SMARTS) is 1. The molecule has 0 fully saturated rings. The highest BCUT2D eigenvalue weighted by Crippen LogP contribution is 2.07. The van der Waals surface area contributed by atoms with Gasteiger partial charge in [0, 0.05) is 0 Å². The molecule has 0 aromatic rings. The lowest BCUT2D eigenvalue weighted by Gasteiger charge is -2.25. The van der Waals surface area contributed by atoms with Crippen LogP contribution in [-0.2, 0) is 24.0 Å². The van der Waals surface area contributed by atoms with Crippen LogP contribution in [0.5, 0.6) is 0 Å². The SMILES string of the molecule is CSCCC(N)C(=O)NC(CC(N)=O)C(=O)NC(CCCCN)C(=O)NC(C(=O)O)C(C)C. The second-order valence-corrected chi connectivity index (χ2v) is 9.02. The van der Waals surface area contributed by atoms with Gasteiger partial charge >= 0.3 is 5.97 Å². The van der Waals surface area contributed by atoms with E-state index < -0.39 is 66.1 Å². The average Bonchev–Trinajstić information content (AvgIpc) is 2.73. The van der Waals surface area contributed by atoms with Crippen molar-refractivity contribution in [3.8, 4) is 0 Å². The van der Waals surface area contributed by atoms with Gasteiger partial charge in [0.05, 0.1) is 12.5 Å². The van der Waals surface area contributed by atoms with Crippen molar-refractivity contribution in [1.29, 1.82) is 0 Å². The molecule has 10 N–H and O–H groups in total. The number of hydrogen-bond acceptors (Lipinski definition) is 8. The van der Waals surface area contributed by atoms with E-state index in [2.05, 4.69) is 16.0 Å². The summed E-state index contributed by atoms with van der Waals surface area (Å²) in [6, 6.07) is -4.46. The number of amides is 4. The zero-order valence-corrected chi connectivity index (χ0v) is 20.3. The summed E-state index contributed by atoms with van der Waals surface area (Å²) < 4.78 is 0. The van der Waals surface area contributed by atoms with E-state index in [0.717, 1.165) is 0 Å². The minimum absolute atomic E-state index is 0.184. The second-order valence-electron chi connectivity index (χ2n) is 8.03. The Morgan fingerprint density at radius 2 is 1.48 bits per heavy atom. The molecule has 4 unspecified atom stereocenters. The third kappa shape index (κ3) is 12.4. The van der Waals surface area contributed by atoms with Crippen molar-refractivity contribution in [2.24, 2.45) is 23.1 Å². The number of nitrogens with two attached hydrogens (primary N) is 3. The Morgan fingerprint density at radius 1 is 0.909 bits per heavy atom. The van der Waals surface area contributed by atoms with Crippen LogP contribution in [-0.4, -0.2) is 77.4 Å². The summed E-state index contributed by atoms with van der Waals surface area (Å²) in [5, 5.41) is 16.7. The van der Waals surface area contributed by atoms with Gasteiger partial charge in [0.25, 0.3) is 0 Å². The largest absolute Gasteiger partial charge is 0.480 e. The van der Waals surface area contributed by atoms with E-state index in [-0.39, 0.29) is 6.42 Å². The van der Waals surface area contributed by atoms with Crippen molar-refractivity contribution >= 4 is 41.4 Å². The first-order valence-corrected chi connectivity index (χ1v) is 12.2. The Hall–Kier alpha value is -2.38. The monoisotopic (exact) mass is 490 g/mol. The molecule has 0 saturated heterocycles. The number of nitrogens with one attached hydrogen (secondary N) is 3. The van der Waals surface area contributed by atoms with Gasteiger partial charge in [-0.1, -0.05) is 13.8 Å². The summed E-state index contributed by atoms with van der Waals surface area (Å²) in [6.45, 7) is 3.65. The number of primary amides is 1. The molecule has 0 aliphatic carbocycles. The third-order valence-electron chi connectivity index (χ3n) is 4.82. The fourth-order valence-electron chi connectivity index (χ4n) is 2.87. The van der Waals surface area contributed by atoms with Gasteiger partial charge in [0.15, 0.2) is 0 Å². The summed E-state index contributed by atoms with van der Waals surface area (Å²) in [5.74, 6) is -3.92. The molecule has 0 aliphatic rings. The standard InChI is InChI=1S/C20H38N6O6S/c1-11(2)16(20(31)32)26-18(29)13(6-4-5-8-21)24-19(30)14(10-15(23)27)25-17(28)12(22)7-9-33-3/h11-14,16H,4-10,21-22H2,1-3H3,(H2,23,27)(H,24,30)(H,25,28)(H,26,29)(H,31,32). The quantitative estimate of drug-likeness (QED) is 0.115. The normalized spacial score (nSPS) is 14.6. The minimum atomic E-state index is -1.33. The molecule has 0 rings (SSSR count). The number of thioether (sulfide) groups is 1. The van der Waals surface area contributed by atoms with Crippen LogP contribution in [0, 0.1) is 5.92 Å². The molecule has 0 bridgehead atoms. The molecule has 190 valence electrons. The number of aliphatic carboxylic acids is 1.